The van der Waals surface area contributed by atoms with Crippen LogP contribution in [0.4, 0.5) is 5.69 Å². The predicted octanol–water partition coefficient (Wildman–Crippen LogP) is 1.60. The number of nitrogen functional groups attached to an aromatic ring is 1. The second-order valence-electron chi connectivity index (χ2n) is 5.52. The second-order valence-corrected chi connectivity index (χ2v) is 8.28. The lowest BCUT2D eigenvalue weighted by Gasteiger charge is -2.22. The quantitative estimate of drug-likeness (QED) is 0.830. The lowest BCUT2D eigenvalue weighted by molar-refractivity contribution is 0.263. The number of halogens is 1. The van der Waals surface area contributed by atoms with Crippen molar-refractivity contribution in [1.29, 1.82) is 0 Å². The average Bonchev–Trinajstić information content (AvgIpc) is 2.71. The third-order valence-corrected chi connectivity index (χ3v) is 6.58. The highest BCUT2D eigenvalue weighted by atomic mass is 79.9. The molecule has 1 fully saturated rings. The normalized spacial score (nSPS) is 24.4. The molecule has 0 saturated carbocycles. The third-order valence-electron chi connectivity index (χ3n) is 3.78. The van der Waals surface area contributed by atoms with Crippen LogP contribution >= 0.6 is 15.9 Å². The molecule has 1 saturated heterocycles. The minimum absolute atomic E-state index is 0.248. The summed E-state index contributed by atoms with van der Waals surface area (Å²) in [5.41, 5.74) is 6.20. The highest BCUT2D eigenvalue weighted by Crippen LogP contribution is 2.31. The summed E-state index contributed by atoms with van der Waals surface area (Å²) in [5, 5.41) is 0. The molecule has 5 nitrogen and oxygen atoms in total. The van der Waals surface area contributed by atoms with E-state index >= 15 is 0 Å². The van der Waals surface area contributed by atoms with E-state index in [9.17, 15) is 8.42 Å². The van der Waals surface area contributed by atoms with Gasteiger partial charge in [0, 0.05) is 29.3 Å². The van der Waals surface area contributed by atoms with E-state index in [4.69, 9.17) is 5.73 Å². The van der Waals surface area contributed by atoms with Crippen LogP contribution in [0, 0.1) is 5.92 Å². The Morgan fingerprint density at radius 2 is 2.00 bits per heavy atom. The van der Waals surface area contributed by atoms with Gasteiger partial charge in [0.2, 0.25) is 10.0 Å². The molecular formula is C13H20BrN3O2S. The number of anilines is 1. The first-order valence-electron chi connectivity index (χ1n) is 6.45. The van der Waals surface area contributed by atoms with E-state index in [1.54, 1.807) is 22.5 Å². The fourth-order valence-corrected chi connectivity index (χ4v) is 5.25. The van der Waals surface area contributed by atoms with Gasteiger partial charge in [-0.15, -0.1) is 0 Å². The van der Waals surface area contributed by atoms with Crippen molar-refractivity contribution in [3.8, 4) is 0 Å². The first-order chi connectivity index (χ1) is 9.23. The number of nitrogens with two attached hydrogens (primary N) is 1. The second kappa shape index (κ2) is 5.63. The molecule has 20 heavy (non-hydrogen) atoms. The van der Waals surface area contributed by atoms with Crippen molar-refractivity contribution in [1.82, 2.24) is 9.21 Å². The Bertz CT molecular complexity index is 604. The molecule has 0 bridgehead atoms. The van der Waals surface area contributed by atoms with Gasteiger partial charge in [0.1, 0.15) is 0 Å². The molecular weight excluding hydrogens is 342 g/mol. The van der Waals surface area contributed by atoms with Crippen molar-refractivity contribution >= 4 is 31.6 Å². The number of sulfonamides is 1. The third kappa shape index (κ3) is 2.86. The van der Waals surface area contributed by atoms with E-state index in [1.807, 2.05) is 14.1 Å². The van der Waals surface area contributed by atoms with Crippen molar-refractivity contribution in [3.63, 3.8) is 0 Å². The summed E-state index contributed by atoms with van der Waals surface area (Å²) in [7, 11) is 0.484. The summed E-state index contributed by atoms with van der Waals surface area (Å²) in [6, 6.07) is 5.04. The van der Waals surface area contributed by atoms with E-state index in [2.05, 4.69) is 27.8 Å². The monoisotopic (exact) mass is 361 g/mol. The number of benzene rings is 1. The molecule has 1 aromatic carbocycles. The van der Waals surface area contributed by atoms with E-state index < -0.39 is 10.0 Å². The van der Waals surface area contributed by atoms with E-state index in [-0.39, 0.29) is 10.9 Å². The Morgan fingerprint density at radius 3 is 2.50 bits per heavy atom. The molecule has 1 aromatic rings. The topological polar surface area (TPSA) is 66.6 Å². The lowest BCUT2D eigenvalue weighted by Crippen LogP contribution is -2.35. The number of rotatable bonds is 3. The van der Waals surface area contributed by atoms with Gasteiger partial charge in [-0.2, -0.15) is 4.31 Å². The van der Waals surface area contributed by atoms with Crippen LogP contribution in [-0.2, 0) is 10.0 Å². The van der Waals surface area contributed by atoms with Gasteiger partial charge in [-0.3, -0.25) is 0 Å². The van der Waals surface area contributed by atoms with Crippen molar-refractivity contribution in [2.75, 3.05) is 32.9 Å². The zero-order valence-corrected chi connectivity index (χ0v) is 14.3. The molecule has 0 spiro atoms. The summed E-state index contributed by atoms with van der Waals surface area (Å²) in [5.74, 6) is 0.312. The van der Waals surface area contributed by atoms with Gasteiger partial charge >= 0.3 is 0 Å². The molecule has 2 unspecified atom stereocenters. The molecule has 1 heterocycles. The molecule has 1 aliphatic heterocycles. The van der Waals surface area contributed by atoms with Gasteiger partial charge in [-0.25, -0.2) is 8.42 Å². The van der Waals surface area contributed by atoms with Gasteiger partial charge in [0.25, 0.3) is 0 Å². The molecule has 2 N–H and O–H groups in total. The van der Waals surface area contributed by atoms with Crippen LogP contribution in [0.3, 0.4) is 0 Å². The van der Waals surface area contributed by atoms with Crippen molar-refractivity contribution in [3.05, 3.63) is 22.7 Å². The van der Waals surface area contributed by atoms with Gasteiger partial charge < -0.3 is 10.6 Å². The summed E-state index contributed by atoms with van der Waals surface area (Å²) < 4.78 is 27.5. The summed E-state index contributed by atoms with van der Waals surface area (Å²) in [6.07, 6.45) is 0. The number of hydrogen-bond donors (Lipinski definition) is 1. The minimum atomic E-state index is -3.48. The van der Waals surface area contributed by atoms with Gasteiger partial charge in [0.05, 0.1) is 4.90 Å². The van der Waals surface area contributed by atoms with Crippen LogP contribution in [0.1, 0.15) is 6.92 Å². The Hall–Kier alpha value is -0.630. The Balaban J connectivity index is 2.32. The molecule has 112 valence electrons. The van der Waals surface area contributed by atoms with Gasteiger partial charge in [-0.1, -0.05) is 6.92 Å². The summed E-state index contributed by atoms with van der Waals surface area (Å²) in [4.78, 5) is 2.36. The fourth-order valence-electron chi connectivity index (χ4n) is 2.64. The highest BCUT2D eigenvalue weighted by Gasteiger charge is 2.38. The zero-order chi connectivity index (χ0) is 15.1. The SMILES string of the molecule is CC1CN(S(=O)(=O)c2ccc(N)cc2Br)CC1N(C)C. The first kappa shape index (κ1) is 15.8. The van der Waals surface area contributed by atoms with Crippen LogP contribution in [0.25, 0.3) is 0 Å². The minimum Gasteiger partial charge on any atom is -0.399 e. The van der Waals surface area contributed by atoms with Crippen LogP contribution in [-0.4, -0.2) is 50.8 Å². The summed E-state index contributed by atoms with van der Waals surface area (Å²) in [6.45, 7) is 3.15. The van der Waals surface area contributed by atoms with Crippen LogP contribution in [0.5, 0.6) is 0 Å². The number of likely N-dealkylation sites (N-methyl/N-ethyl adjacent to an activating group) is 1. The molecule has 0 aliphatic carbocycles. The molecule has 0 aromatic heterocycles. The number of hydrogen-bond acceptors (Lipinski definition) is 4. The standard InChI is InChI=1S/C13H20BrN3O2S/c1-9-7-17(8-12(9)16(2)3)20(18,19)13-5-4-10(15)6-11(13)14/h4-6,9,12H,7-8,15H2,1-3H3. The average molecular weight is 362 g/mol. The summed E-state index contributed by atoms with van der Waals surface area (Å²) >= 11 is 3.29. The zero-order valence-electron chi connectivity index (χ0n) is 11.9. The van der Waals surface area contributed by atoms with Gasteiger partial charge in [0.15, 0.2) is 0 Å². The first-order valence-corrected chi connectivity index (χ1v) is 8.68. The van der Waals surface area contributed by atoms with Crippen molar-refractivity contribution in [2.24, 2.45) is 5.92 Å². The molecule has 1 aliphatic rings. The highest BCUT2D eigenvalue weighted by molar-refractivity contribution is 9.10. The van der Waals surface area contributed by atoms with E-state index in [0.29, 0.717) is 29.2 Å². The smallest absolute Gasteiger partial charge is 0.244 e. The fraction of sp³-hybridized carbons (Fsp3) is 0.538. The van der Waals surface area contributed by atoms with Crippen LogP contribution in [0.2, 0.25) is 0 Å². The van der Waals surface area contributed by atoms with Gasteiger partial charge in [-0.05, 0) is 54.1 Å². The molecule has 2 atom stereocenters. The molecule has 0 amide bonds. The van der Waals surface area contributed by atoms with Crippen LogP contribution in [0.15, 0.2) is 27.6 Å². The maximum absolute atomic E-state index is 12.7. The number of nitrogens with zero attached hydrogens (tertiary/aromatic N) is 2. The van der Waals surface area contributed by atoms with E-state index in [0.717, 1.165) is 0 Å². The van der Waals surface area contributed by atoms with Crippen molar-refractivity contribution in [2.45, 2.75) is 17.9 Å². The predicted molar refractivity (Wildman–Crippen MR) is 84.0 cm³/mol. The molecule has 2 rings (SSSR count). The maximum Gasteiger partial charge on any atom is 0.244 e. The van der Waals surface area contributed by atoms with Crippen LogP contribution < -0.4 is 5.73 Å². The van der Waals surface area contributed by atoms with Crippen molar-refractivity contribution < 1.29 is 8.42 Å². The Morgan fingerprint density at radius 1 is 1.35 bits per heavy atom. The van der Waals surface area contributed by atoms with E-state index in [1.165, 1.54) is 0 Å². The maximum atomic E-state index is 12.7. The Kier molecular flexibility index (Phi) is 4.44. The Labute approximate surface area is 128 Å². The lowest BCUT2D eigenvalue weighted by atomic mass is 10.1. The molecule has 0 radical (unpaired) electrons. The molecule has 7 heteroatoms. The largest absolute Gasteiger partial charge is 0.399 e.